The summed E-state index contributed by atoms with van der Waals surface area (Å²) in [7, 11) is -2.61. The zero-order valence-electron chi connectivity index (χ0n) is 21.6. The Bertz CT molecular complexity index is 1040. The van der Waals surface area contributed by atoms with E-state index < -0.39 is 8.32 Å². The molecule has 2 aliphatic rings. The minimum atomic E-state index is -2.61. The molecule has 0 radical (unpaired) electrons. The summed E-state index contributed by atoms with van der Waals surface area (Å²) in [5.74, 6) is 3.58. The van der Waals surface area contributed by atoms with Gasteiger partial charge in [0, 0.05) is 25.1 Å². The molecule has 0 N–H and O–H groups in total. The van der Waals surface area contributed by atoms with Crippen LogP contribution in [0, 0.1) is 18.3 Å². The topological polar surface area (TPSA) is 29.5 Å². The number of carbonyl (C=O) groups excluding carboxylic acids is 1. The number of carbonyl (C=O) groups is 1. The third-order valence-corrected chi connectivity index (χ3v) is 12.8. The summed E-state index contributed by atoms with van der Waals surface area (Å²) < 4.78 is 7.08. The number of terminal acetylenes is 1. The van der Waals surface area contributed by atoms with Crippen LogP contribution in [0.1, 0.15) is 65.7 Å². The number of hydrogen-bond acceptors (Lipinski definition) is 2. The van der Waals surface area contributed by atoms with E-state index >= 15 is 0 Å². The Kier molecular flexibility index (Phi) is 7.99. The van der Waals surface area contributed by atoms with E-state index in [1.165, 1.54) is 28.1 Å². The monoisotopic (exact) mass is 485 g/mol. The summed E-state index contributed by atoms with van der Waals surface area (Å²) in [6, 6.07) is 21.4. The summed E-state index contributed by atoms with van der Waals surface area (Å²) in [6.07, 6.45) is 12.2. The van der Waals surface area contributed by atoms with E-state index in [-0.39, 0.29) is 10.9 Å². The Morgan fingerprint density at radius 1 is 1.00 bits per heavy atom. The lowest BCUT2D eigenvalue weighted by Crippen LogP contribution is -2.67. The lowest BCUT2D eigenvalue weighted by atomic mass is 9.78. The highest BCUT2D eigenvalue weighted by Gasteiger charge is 2.50. The van der Waals surface area contributed by atoms with Gasteiger partial charge in [0.1, 0.15) is 0 Å². The highest BCUT2D eigenvalue weighted by molar-refractivity contribution is 6.99. The first kappa shape index (κ1) is 25.5. The van der Waals surface area contributed by atoms with Gasteiger partial charge in [0.15, 0.2) is 0 Å². The van der Waals surface area contributed by atoms with Gasteiger partial charge in [-0.05, 0) is 59.0 Å². The van der Waals surface area contributed by atoms with E-state index in [1.807, 2.05) is 0 Å². The molecule has 2 aromatic carbocycles. The molecule has 3 nitrogen and oxygen atoms in total. The van der Waals surface area contributed by atoms with Crippen molar-refractivity contribution in [3.05, 3.63) is 71.9 Å². The SMILES string of the molecule is C#CCCC1CCCC2=C1CCC(=O)N2CCO[Si](c1ccccc1)(c1ccccc1)C(C)(C)C. The molecular formula is C31H39NO2Si. The van der Waals surface area contributed by atoms with E-state index in [4.69, 9.17) is 10.8 Å². The zero-order chi connectivity index (χ0) is 24.9. The summed E-state index contributed by atoms with van der Waals surface area (Å²) in [4.78, 5) is 15.1. The van der Waals surface area contributed by atoms with Crippen molar-refractivity contribution in [2.45, 2.75) is 70.8 Å². The first-order valence-corrected chi connectivity index (χ1v) is 15.0. The maximum Gasteiger partial charge on any atom is 0.261 e. The first-order valence-electron chi connectivity index (χ1n) is 13.1. The Hall–Kier alpha value is -2.61. The molecule has 4 heteroatoms. The van der Waals surface area contributed by atoms with Crippen LogP contribution in [0.2, 0.25) is 5.04 Å². The number of rotatable bonds is 8. The Morgan fingerprint density at radius 3 is 2.20 bits per heavy atom. The Labute approximate surface area is 212 Å². The van der Waals surface area contributed by atoms with Crippen molar-refractivity contribution >= 4 is 24.6 Å². The number of benzene rings is 2. The fourth-order valence-corrected chi connectivity index (χ4v) is 10.7. The molecule has 1 unspecified atom stereocenters. The van der Waals surface area contributed by atoms with Gasteiger partial charge in [0.05, 0.1) is 6.61 Å². The van der Waals surface area contributed by atoms with E-state index in [9.17, 15) is 4.79 Å². The van der Waals surface area contributed by atoms with Gasteiger partial charge in [-0.15, -0.1) is 12.3 Å². The molecule has 1 aliphatic carbocycles. The van der Waals surface area contributed by atoms with Crippen LogP contribution in [0.25, 0.3) is 0 Å². The van der Waals surface area contributed by atoms with Crippen LogP contribution in [0.3, 0.4) is 0 Å². The number of hydrogen-bond donors (Lipinski definition) is 0. The molecule has 4 rings (SSSR count). The zero-order valence-corrected chi connectivity index (χ0v) is 22.6. The third-order valence-electron chi connectivity index (χ3n) is 7.75. The van der Waals surface area contributed by atoms with Crippen molar-refractivity contribution in [1.82, 2.24) is 4.90 Å². The van der Waals surface area contributed by atoms with E-state index in [0.29, 0.717) is 25.5 Å². The molecule has 1 amide bonds. The molecule has 2 aromatic rings. The van der Waals surface area contributed by atoms with Crippen molar-refractivity contribution in [3.63, 3.8) is 0 Å². The van der Waals surface area contributed by atoms with Crippen LogP contribution in [0.5, 0.6) is 0 Å². The molecule has 1 heterocycles. The quantitative estimate of drug-likeness (QED) is 0.357. The Balaban J connectivity index is 1.63. The van der Waals surface area contributed by atoms with Crippen LogP contribution < -0.4 is 10.4 Å². The molecule has 35 heavy (non-hydrogen) atoms. The molecule has 1 atom stereocenters. The van der Waals surface area contributed by atoms with Crippen LogP contribution in [-0.4, -0.2) is 32.3 Å². The second kappa shape index (κ2) is 11.0. The molecule has 0 spiro atoms. The van der Waals surface area contributed by atoms with Gasteiger partial charge in [0.25, 0.3) is 8.32 Å². The molecule has 1 aliphatic heterocycles. The highest BCUT2D eigenvalue weighted by atomic mass is 28.4. The van der Waals surface area contributed by atoms with Crippen molar-refractivity contribution in [2.24, 2.45) is 5.92 Å². The minimum Gasteiger partial charge on any atom is -0.406 e. The van der Waals surface area contributed by atoms with Gasteiger partial charge in [-0.3, -0.25) is 4.79 Å². The van der Waals surface area contributed by atoms with Gasteiger partial charge in [-0.25, -0.2) is 0 Å². The number of amides is 1. The van der Waals surface area contributed by atoms with Gasteiger partial charge < -0.3 is 9.33 Å². The lowest BCUT2D eigenvalue weighted by Gasteiger charge is -2.44. The van der Waals surface area contributed by atoms with Gasteiger partial charge >= 0.3 is 0 Å². The summed E-state index contributed by atoms with van der Waals surface area (Å²) in [5, 5.41) is 2.48. The van der Waals surface area contributed by atoms with E-state index in [1.54, 1.807) is 0 Å². The van der Waals surface area contributed by atoms with Crippen molar-refractivity contribution in [2.75, 3.05) is 13.2 Å². The number of nitrogens with zero attached hydrogens (tertiary/aromatic N) is 1. The number of allylic oxidation sites excluding steroid dienone is 2. The second-order valence-corrected chi connectivity index (χ2v) is 15.2. The predicted octanol–water partition coefficient (Wildman–Crippen LogP) is 5.65. The molecular weight excluding hydrogens is 446 g/mol. The molecule has 0 saturated heterocycles. The van der Waals surface area contributed by atoms with Gasteiger partial charge in [-0.1, -0.05) is 81.4 Å². The molecule has 0 saturated carbocycles. The average molecular weight is 486 g/mol. The van der Waals surface area contributed by atoms with Crippen molar-refractivity contribution in [1.29, 1.82) is 0 Å². The molecule has 184 valence electrons. The summed E-state index contributed by atoms with van der Waals surface area (Å²) >= 11 is 0. The second-order valence-electron chi connectivity index (χ2n) is 10.9. The van der Waals surface area contributed by atoms with Gasteiger partial charge in [-0.2, -0.15) is 0 Å². The molecule has 0 fully saturated rings. The maximum absolute atomic E-state index is 13.1. The predicted molar refractivity (Wildman–Crippen MR) is 147 cm³/mol. The Morgan fingerprint density at radius 2 is 1.63 bits per heavy atom. The van der Waals surface area contributed by atoms with E-state index in [0.717, 1.165) is 32.1 Å². The van der Waals surface area contributed by atoms with Crippen LogP contribution in [-0.2, 0) is 9.22 Å². The average Bonchev–Trinajstić information content (AvgIpc) is 2.86. The summed E-state index contributed by atoms with van der Waals surface area (Å²) in [5.41, 5.74) is 2.75. The largest absolute Gasteiger partial charge is 0.406 e. The molecule has 0 bridgehead atoms. The van der Waals surface area contributed by atoms with Crippen LogP contribution >= 0.6 is 0 Å². The first-order chi connectivity index (χ1) is 16.9. The van der Waals surface area contributed by atoms with Crippen LogP contribution in [0.4, 0.5) is 0 Å². The third kappa shape index (κ3) is 5.17. The highest BCUT2D eigenvalue weighted by Crippen LogP contribution is 2.41. The van der Waals surface area contributed by atoms with E-state index in [2.05, 4.69) is 92.3 Å². The lowest BCUT2D eigenvalue weighted by molar-refractivity contribution is -0.130. The van der Waals surface area contributed by atoms with Crippen molar-refractivity contribution in [3.8, 4) is 12.3 Å². The normalized spacial score (nSPS) is 18.9. The summed E-state index contributed by atoms with van der Waals surface area (Å²) in [6.45, 7) is 8.03. The standard InChI is InChI=1S/C31H39NO2Si/c1-5-6-14-25-15-13-20-29-28(25)21-22-30(33)32(29)23-24-34-35(31(2,3)4,26-16-9-7-10-17-26)27-18-11-8-12-19-27/h1,7-12,16-19,25H,6,13-15,20-24H2,2-4H3. The van der Waals surface area contributed by atoms with Gasteiger partial charge in [0.2, 0.25) is 5.91 Å². The van der Waals surface area contributed by atoms with Crippen molar-refractivity contribution < 1.29 is 9.22 Å². The fraction of sp³-hybridized carbons (Fsp3) is 0.452. The fourth-order valence-electron chi connectivity index (χ4n) is 6.16. The maximum atomic E-state index is 13.1. The smallest absolute Gasteiger partial charge is 0.261 e. The minimum absolute atomic E-state index is 0.0722. The molecule has 0 aromatic heterocycles. The van der Waals surface area contributed by atoms with Crippen LogP contribution in [0.15, 0.2) is 71.9 Å².